The number of amides is 2. The Morgan fingerprint density at radius 1 is 1.13 bits per heavy atom. The van der Waals surface area contributed by atoms with Crippen molar-refractivity contribution in [1.29, 1.82) is 0 Å². The predicted molar refractivity (Wildman–Crippen MR) is 119 cm³/mol. The molecule has 0 radical (unpaired) electrons. The zero-order chi connectivity index (χ0) is 21.1. The Labute approximate surface area is 177 Å². The van der Waals surface area contributed by atoms with E-state index in [-0.39, 0.29) is 6.03 Å². The van der Waals surface area contributed by atoms with E-state index in [1.54, 1.807) is 7.11 Å². The van der Waals surface area contributed by atoms with Crippen LogP contribution in [-0.2, 0) is 13.1 Å². The Bertz CT molecular complexity index is 1020. The third-order valence-electron chi connectivity index (χ3n) is 6.20. The average molecular weight is 407 g/mol. The zero-order valence-corrected chi connectivity index (χ0v) is 18.0. The highest BCUT2D eigenvalue weighted by atomic mass is 16.5. The standard InChI is InChI=1S/C24H30N4O2/c1-17-12-22-23(13-18(17)2)28(16-26-22)15-20-8-10-27(11-9-20)24(29)25-14-19-4-6-21(30-3)7-5-19/h4-7,12-13,16,20H,8-11,14-15H2,1-3H3,(H,25,29). The van der Waals surface area contributed by atoms with E-state index in [1.165, 1.54) is 16.6 Å². The van der Waals surface area contributed by atoms with E-state index in [0.717, 1.165) is 49.3 Å². The zero-order valence-electron chi connectivity index (χ0n) is 18.0. The number of nitrogens with one attached hydrogen (secondary N) is 1. The maximum Gasteiger partial charge on any atom is 0.317 e. The molecular weight excluding hydrogens is 376 g/mol. The molecule has 1 aliphatic heterocycles. The molecule has 3 aromatic rings. The van der Waals surface area contributed by atoms with Crippen LogP contribution >= 0.6 is 0 Å². The number of carbonyl (C=O) groups is 1. The van der Waals surface area contributed by atoms with Gasteiger partial charge in [-0.3, -0.25) is 0 Å². The second-order valence-electron chi connectivity index (χ2n) is 8.26. The molecule has 2 heterocycles. The van der Waals surface area contributed by atoms with Crippen molar-refractivity contribution in [3.63, 3.8) is 0 Å². The molecule has 1 fully saturated rings. The number of ether oxygens (including phenoxy) is 1. The van der Waals surface area contributed by atoms with Gasteiger partial charge in [-0.05, 0) is 73.6 Å². The number of aryl methyl sites for hydroxylation is 2. The first-order valence-electron chi connectivity index (χ1n) is 10.6. The van der Waals surface area contributed by atoms with Gasteiger partial charge in [0.2, 0.25) is 0 Å². The van der Waals surface area contributed by atoms with Crippen LogP contribution in [0.5, 0.6) is 5.75 Å². The Kier molecular flexibility index (Phi) is 5.93. The highest BCUT2D eigenvalue weighted by molar-refractivity contribution is 5.77. The quantitative estimate of drug-likeness (QED) is 0.688. The van der Waals surface area contributed by atoms with Gasteiger partial charge in [0.15, 0.2) is 0 Å². The van der Waals surface area contributed by atoms with Crippen LogP contribution < -0.4 is 10.1 Å². The molecule has 0 aliphatic carbocycles. The first-order valence-corrected chi connectivity index (χ1v) is 10.6. The molecule has 6 nitrogen and oxygen atoms in total. The van der Waals surface area contributed by atoms with E-state index in [4.69, 9.17) is 4.74 Å². The number of carbonyl (C=O) groups excluding carboxylic acids is 1. The summed E-state index contributed by atoms with van der Waals surface area (Å²) in [5.41, 5.74) is 5.91. The Balaban J connectivity index is 1.28. The molecule has 0 spiro atoms. The van der Waals surface area contributed by atoms with Gasteiger partial charge >= 0.3 is 6.03 Å². The summed E-state index contributed by atoms with van der Waals surface area (Å²) in [6.45, 7) is 7.36. The van der Waals surface area contributed by atoms with Gasteiger partial charge < -0.3 is 19.5 Å². The van der Waals surface area contributed by atoms with Crippen LogP contribution in [0.25, 0.3) is 11.0 Å². The SMILES string of the molecule is COc1ccc(CNC(=O)N2CCC(Cn3cnc4cc(C)c(C)cc43)CC2)cc1. The van der Waals surface area contributed by atoms with E-state index in [2.05, 4.69) is 40.8 Å². The van der Waals surface area contributed by atoms with Crippen molar-refractivity contribution in [2.75, 3.05) is 20.2 Å². The lowest BCUT2D eigenvalue weighted by molar-refractivity contribution is 0.165. The van der Waals surface area contributed by atoms with Crippen LogP contribution in [0, 0.1) is 19.8 Å². The van der Waals surface area contributed by atoms with E-state index in [9.17, 15) is 4.79 Å². The number of hydrogen-bond acceptors (Lipinski definition) is 3. The van der Waals surface area contributed by atoms with Crippen molar-refractivity contribution in [2.24, 2.45) is 5.92 Å². The molecular formula is C24H30N4O2. The number of rotatable bonds is 5. The van der Waals surface area contributed by atoms with Crippen LogP contribution in [0.4, 0.5) is 4.79 Å². The van der Waals surface area contributed by atoms with Gasteiger partial charge in [-0.15, -0.1) is 0 Å². The highest BCUT2D eigenvalue weighted by Crippen LogP contribution is 2.23. The number of piperidine rings is 1. The topological polar surface area (TPSA) is 59.4 Å². The molecule has 0 unspecified atom stereocenters. The van der Waals surface area contributed by atoms with Crippen LogP contribution in [0.3, 0.4) is 0 Å². The normalized spacial score (nSPS) is 14.8. The van der Waals surface area contributed by atoms with Gasteiger partial charge in [0.1, 0.15) is 5.75 Å². The largest absolute Gasteiger partial charge is 0.497 e. The van der Waals surface area contributed by atoms with Gasteiger partial charge in [0.05, 0.1) is 24.5 Å². The number of urea groups is 1. The van der Waals surface area contributed by atoms with Crippen molar-refractivity contribution in [3.05, 3.63) is 59.4 Å². The van der Waals surface area contributed by atoms with E-state index < -0.39 is 0 Å². The fourth-order valence-corrected chi connectivity index (χ4v) is 4.09. The highest BCUT2D eigenvalue weighted by Gasteiger charge is 2.23. The molecule has 0 atom stereocenters. The second kappa shape index (κ2) is 8.78. The fraction of sp³-hybridized carbons (Fsp3) is 0.417. The van der Waals surface area contributed by atoms with Crippen molar-refractivity contribution in [3.8, 4) is 5.75 Å². The summed E-state index contributed by atoms with van der Waals surface area (Å²) < 4.78 is 7.44. The summed E-state index contributed by atoms with van der Waals surface area (Å²) in [5.74, 6) is 1.39. The van der Waals surface area contributed by atoms with Gasteiger partial charge in [-0.2, -0.15) is 0 Å². The van der Waals surface area contributed by atoms with Gasteiger partial charge in [-0.1, -0.05) is 12.1 Å². The molecule has 2 aromatic carbocycles. The third-order valence-corrected chi connectivity index (χ3v) is 6.20. The van der Waals surface area contributed by atoms with Gasteiger partial charge in [-0.25, -0.2) is 9.78 Å². The predicted octanol–water partition coefficient (Wildman–Crippen LogP) is 4.28. The molecule has 1 aliphatic rings. The van der Waals surface area contributed by atoms with Crippen molar-refractivity contribution >= 4 is 17.1 Å². The molecule has 4 rings (SSSR count). The van der Waals surface area contributed by atoms with Crippen LogP contribution in [-0.4, -0.2) is 40.7 Å². The summed E-state index contributed by atoms with van der Waals surface area (Å²) in [6, 6.07) is 12.2. The lowest BCUT2D eigenvalue weighted by Crippen LogP contribution is -2.44. The molecule has 30 heavy (non-hydrogen) atoms. The number of benzene rings is 2. The monoisotopic (exact) mass is 406 g/mol. The number of likely N-dealkylation sites (tertiary alicyclic amines) is 1. The van der Waals surface area contributed by atoms with Crippen molar-refractivity contribution < 1.29 is 9.53 Å². The Morgan fingerprint density at radius 3 is 2.53 bits per heavy atom. The molecule has 1 N–H and O–H groups in total. The number of nitrogens with zero attached hydrogens (tertiary/aromatic N) is 3. The Hall–Kier alpha value is -3.02. The molecule has 1 saturated heterocycles. The molecule has 0 bridgehead atoms. The summed E-state index contributed by atoms with van der Waals surface area (Å²) >= 11 is 0. The first kappa shape index (κ1) is 20.3. The molecule has 2 amide bonds. The summed E-state index contributed by atoms with van der Waals surface area (Å²) in [6.07, 6.45) is 3.98. The lowest BCUT2D eigenvalue weighted by atomic mass is 9.97. The minimum atomic E-state index is 0.0171. The first-order chi connectivity index (χ1) is 14.5. The number of aromatic nitrogens is 2. The molecule has 158 valence electrons. The third kappa shape index (κ3) is 4.42. The summed E-state index contributed by atoms with van der Waals surface area (Å²) in [7, 11) is 1.65. The van der Waals surface area contributed by atoms with E-state index >= 15 is 0 Å². The maximum absolute atomic E-state index is 12.5. The Morgan fingerprint density at radius 2 is 1.83 bits per heavy atom. The molecule has 6 heteroatoms. The summed E-state index contributed by atoms with van der Waals surface area (Å²) in [5, 5.41) is 3.03. The average Bonchev–Trinajstić information content (AvgIpc) is 3.14. The van der Waals surface area contributed by atoms with Crippen LogP contribution in [0.15, 0.2) is 42.7 Å². The maximum atomic E-state index is 12.5. The lowest BCUT2D eigenvalue weighted by Gasteiger charge is -2.32. The molecule has 0 saturated carbocycles. The minimum absolute atomic E-state index is 0.0171. The van der Waals surface area contributed by atoms with Crippen molar-refractivity contribution in [1.82, 2.24) is 19.8 Å². The minimum Gasteiger partial charge on any atom is -0.497 e. The molecule has 1 aromatic heterocycles. The number of imidazole rings is 1. The van der Waals surface area contributed by atoms with Crippen molar-refractivity contribution in [2.45, 2.75) is 39.8 Å². The van der Waals surface area contributed by atoms with Gasteiger partial charge in [0, 0.05) is 26.2 Å². The number of methoxy groups -OCH3 is 1. The van der Waals surface area contributed by atoms with Crippen LogP contribution in [0.1, 0.15) is 29.5 Å². The van der Waals surface area contributed by atoms with Gasteiger partial charge in [0.25, 0.3) is 0 Å². The van der Waals surface area contributed by atoms with Crippen LogP contribution in [0.2, 0.25) is 0 Å². The number of hydrogen-bond donors (Lipinski definition) is 1. The smallest absolute Gasteiger partial charge is 0.317 e. The van der Waals surface area contributed by atoms with E-state index in [1.807, 2.05) is 35.5 Å². The second-order valence-corrected chi connectivity index (χ2v) is 8.26. The fourth-order valence-electron chi connectivity index (χ4n) is 4.09. The summed E-state index contributed by atoms with van der Waals surface area (Å²) in [4.78, 5) is 19.0. The van der Waals surface area contributed by atoms with E-state index in [0.29, 0.717) is 12.5 Å². The number of fused-ring (bicyclic) bond motifs is 1.